The summed E-state index contributed by atoms with van der Waals surface area (Å²) in [6.07, 6.45) is 0.932. The van der Waals surface area contributed by atoms with Crippen molar-refractivity contribution in [3.05, 3.63) is 35.9 Å². The van der Waals surface area contributed by atoms with Crippen LogP contribution in [-0.4, -0.2) is 17.9 Å². The third-order valence-corrected chi connectivity index (χ3v) is 2.30. The van der Waals surface area contributed by atoms with E-state index in [9.17, 15) is 4.79 Å². The van der Waals surface area contributed by atoms with Crippen molar-refractivity contribution >= 4 is 5.78 Å². The van der Waals surface area contributed by atoms with Gasteiger partial charge in [0.05, 0.1) is 6.54 Å². The number of carbonyl (C=O) groups is 1. The van der Waals surface area contributed by atoms with E-state index in [4.69, 9.17) is 0 Å². The number of benzene rings is 1. The monoisotopic (exact) mass is 205 g/mol. The Kier molecular flexibility index (Phi) is 4.04. The molecule has 0 heterocycles. The van der Waals surface area contributed by atoms with Gasteiger partial charge in [-0.15, -0.1) is 0 Å². The van der Waals surface area contributed by atoms with Crippen molar-refractivity contribution in [2.24, 2.45) is 0 Å². The van der Waals surface area contributed by atoms with Crippen molar-refractivity contribution in [1.29, 1.82) is 0 Å². The molecule has 0 amide bonds. The lowest BCUT2D eigenvalue weighted by molar-refractivity contribution is -0.116. The summed E-state index contributed by atoms with van der Waals surface area (Å²) in [5, 5.41) is 3.26. The molecule has 0 aliphatic carbocycles. The number of rotatable bonds is 5. The second kappa shape index (κ2) is 5.08. The molecule has 15 heavy (non-hydrogen) atoms. The molecule has 0 bridgehead atoms. The van der Waals surface area contributed by atoms with Gasteiger partial charge in [-0.25, -0.2) is 0 Å². The molecule has 0 aliphatic heterocycles. The first-order valence-corrected chi connectivity index (χ1v) is 5.28. The van der Waals surface area contributed by atoms with Crippen molar-refractivity contribution in [3.63, 3.8) is 0 Å². The zero-order chi connectivity index (χ0) is 11.3. The predicted octanol–water partition coefficient (Wildman–Crippen LogP) is 2.19. The Hall–Kier alpha value is -1.15. The van der Waals surface area contributed by atoms with Crippen LogP contribution in [0.15, 0.2) is 30.3 Å². The fourth-order valence-electron chi connectivity index (χ4n) is 1.53. The van der Waals surface area contributed by atoms with Gasteiger partial charge in [0.15, 0.2) is 0 Å². The van der Waals surface area contributed by atoms with Crippen molar-refractivity contribution in [1.82, 2.24) is 5.32 Å². The van der Waals surface area contributed by atoms with Crippen molar-refractivity contribution in [2.75, 3.05) is 6.54 Å². The van der Waals surface area contributed by atoms with Gasteiger partial charge in [-0.1, -0.05) is 30.3 Å². The maximum atomic E-state index is 10.9. The molecule has 82 valence electrons. The summed E-state index contributed by atoms with van der Waals surface area (Å²) < 4.78 is 0. The molecule has 0 fully saturated rings. The van der Waals surface area contributed by atoms with Gasteiger partial charge in [0, 0.05) is 5.54 Å². The van der Waals surface area contributed by atoms with Crippen molar-refractivity contribution < 1.29 is 4.79 Å². The largest absolute Gasteiger partial charge is 0.305 e. The number of Topliss-reactive ketones (excluding diaryl/α,β-unsaturated/α-hetero) is 1. The van der Waals surface area contributed by atoms with Gasteiger partial charge in [-0.3, -0.25) is 4.79 Å². The Balaban J connectivity index is 2.52. The molecule has 1 N–H and O–H groups in total. The highest BCUT2D eigenvalue weighted by Gasteiger charge is 2.17. The highest BCUT2D eigenvalue weighted by atomic mass is 16.1. The van der Waals surface area contributed by atoms with E-state index in [1.807, 2.05) is 18.2 Å². The molecule has 0 spiro atoms. The average Bonchev–Trinajstić information content (AvgIpc) is 2.16. The molecule has 2 heteroatoms. The van der Waals surface area contributed by atoms with Gasteiger partial charge in [0.2, 0.25) is 0 Å². The average molecular weight is 205 g/mol. The second-order valence-corrected chi connectivity index (χ2v) is 4.60. The molecule has 2 nitrogen and oxygen atoms in total. The number of hydrogen-bond acceptors (Lipinski definition) is 2. The smallest absolute Gasteiger partial charge is 0.143 e. The van der Waals surface area contributed by atoms with Crippen LogP contribution in [0.25, 0.3) is 0 Å². The van der Waals surface area contributed by atoms with E-state index in [0.717, 1.165) is 6.42 Å². The molecule has 0 unspecified atom stereocenters. The van der Waals surface area contributed by atoms with Gasteiger partial charge in [0.25, 0.3) is 0 Å². The van der Waals surface area contributed by atoms with E-state index in [2.05, 4.69) is 31.3 Å². The van der Waals surface area contributed by atoms with E-state index in [0.29, 0.717) is 6.54 Å². The van der Waals surface area contributed by atoms with Crippen LogP contribution in [0.3, 0.4) is 0 Å². The quantitative estimate of drug-likeness (QED) is 0.798. The first kappa shape index (κ1) is 11.9. The normalized spacial score (nSPS) is 11.4. The Morgan fingerprint density at radius 3 is 2.40 bits per heavy atom. The van der Waals surface area contributed by atoms with E-state index >= 15 is 0 Å². The first-order chi connectivity index (χ1) is 6.99. The van der Waals surface area contributed by atoms with Gasteiger partial charge < -0.3 is 5.32 Å². The van der Waals surface area contributed by atoms with E-state index in [1.165, 1.54) is 5.56 Å². The van der Waals surface area contributed by atoms with Crippen LogP contribution >= 0.6 is 0 Å². The number of hydrogen-bond donors (Lipinski definition) is 1. The summed E-state index contributed by atoms with van der Waals surface area (Å²) in [6.45, 7) is 6.28. The Bertz CT molecular complexity index is 317. The van der Waals surface area contributed by atoms with E-state index in [-0.39, 0.29) is 11.3 Å². The molecule has 1 aromatic carbocycles. The summed E-state index contributed by atoms with van der Waals surface area (Å²) in [4.78, 5) is 10.9. The standard InChI is InChI=1S/C13H19NO/c1-11(15)10-14-13(2,3)9-12-7-5-4-6-8-12/h4-8,14H,9-10H2,1-3H3. The third kappa shape index (κ3) is 4.75. The highest BCUT2D eigenvalue weighted by molar-refractivity contribution is 5.77. The van der Waals surface area contributed by atoms with Crippen LogP contribution in [0.2, 0.25) is 0 Å². The predicted molar refractivity (Wildman–Crippen MR) is 62.9 cm³/mol. The maximum absolute atomic E-state index is 10.9. The fraction of sp³-hybridized carbons (Fsp3) is 0.462. The van der Waals surface area contributed by atoms with Crippen LogP contribution in [0, 0.1) is 0 Å². The Morgan fingerprint density at radius 2 is 1.87 bits per heavy atom. The minimum atomic E-state index is -0.0347. The minimum absolute atomic E-state index is 0.0347. The highest BCUT2D eigenvalue weighted by Crippen LogP contribution is 2.11. The van der Waals surface area contributed by atoms with Crippen LogP contribution in [0.5, 0.6) is 0 Å². The lowest BCUT2D eigenvalue weighted by Crippen LogP contribution is -2.43. The summed E-state index contributed by atoms with van der Waals surface area (Å²) in [5.74, 6) is 0.177. The molecule has 1 rings (SSSR count). The van der Waals surface area contributed by atoms with Gasteiger partial charge in [0.1, 0.15) is 5.78 Å². The molecule has 0 saturated carbocycles. The van der Waals surface area contributed by atoms with E-state index < -0.39 is 0 Å². The topological polar surface area (TPSA) is 29.1 Å². The van der Waals surface area contributed by atoms with Gasteiger partial charge in [-0.05, 0) is 32.8 Å². The SMILES string of the molecule is CC(=O)CNC(C)(C)Cc1ccccc1. The molecule has 0 aliphatic rings. The van der Waals surface area contributed by atoms with Crippen molar-refractivity contribution in [2.45, 2.75) is 32.7 Å². The van der Waals surface area contributed by atoms with Crippen LogP contribution in [-0.2, 0) is 11.2 Å². The lowest BCUT2D eigenvalue weighted by Gasteiger charge is -2.26. The van der Waals surface area contributed by atoms with Gasteiger partial charge in [-0.2, -0.15) is 0 Å². The molecule has 0 radical (unpaired) electrons. The summed E-state index contributed by atoms with van der Waals surface area (Å²) in [7, 11) is 0. The Labute approximate surface area is 91.7 Å². The summed E-state index contributed by atoms with van der Waals surface area (Å²) in [5.41, 5.74) is 1.26. The van der Waals surface area contributed by atoms with E-state index in [1.54, 1.807) is 6.92 Å². The summed E-state index contributed by atoms with van der Waals surface area (Å²) in [6, 6.07) is 10.3. The van der Waals surface area contributed by atoms with Gasteiger partial charge >= 0.3 is 0 Å². The molecule has 1 aromatic rings. The lowest BCUT2D eigenvalue weighted by atomic mass is 9.95. The molecular formula is C13H19NO. The molecular weight excluding hydrogens is 186 g/mol. The zero-order valence-corrected chi connectivity index (χ0v) is 9.71. The second-order valence-electron chi connectivity index (χ2n) is 4.60. The van der Waals surface area contributed by atoms with Crippen LogP contribution in [0.1, 0.15) is 26.3 Å². The zero-order valence-electron chi connectivity index (χ0n) is 9.71. The molecule has 0 atom stereocenters. The third-order valence-electron chi connectivity index (χ3n) is 2.30. The summed E-state index contributed by atoms with van der Waals surface area (Å²) >= 11 is 0. The number of carbonyl (C=O) groups excluding carboxylic acids is 1. The van der Waals surface area contributed by atoms with Crippen molar-refractivity contribution in [3.8, 4) is 0 Å². The molecule has 0 saturated heterocycles. The fourth-order valence-corrected chi connectivity index (χ4v) is 1.53. The van der Waals surface area contributed by atoms with Crippen LogP contribution < -0.4 is 5.32 Å². The van der Waals surface area contributed by atoms with Crippen LogP contribution in [0.4, 0.5) is 0 Å². The Morgan fingerprint density at radius 1 is 1.27 bits per heavy atom. The minimum Gasteiger partial charge on any atom is -0.305 e. The number of nitrogens with one attached hydrogen (secondary N) is 1. The molecule has 0 aromatic heterocycles. The maximum Gasteiger partial charge on any atom is 0.143 e. The first-order valence-electron chi connectivity index (χ1n) is 5.28. The number of ketones is 1.